The number of aromatic nitrogens is 1. The predicted octanol–water partition coefficient (Wildman–Crippen LogP) is 3.51. The lowest BCUT2D eigenvalue weighted by Gasteiger charge is -2.06. The van der Waals surface area contributed by atoms with Crippen molar-refractivity contribution in [1.82, 2.24) is 4.98 Å². The Bertz CT molecular complexity index is 632. The molecule has 2 aromatic rings. The van der Waals surface area contributed by atoms with Gasteiger partial charge in [0.2, 0.25) is 0 Å². The van der Waals surface area contributed by atoms with Gasteiger partial charge < -0.3 is 5.32 Å². The zero-order valence-corrected chi connectivity index (χ0v) is 10.8. The number of carbonyl (C=O) groups excluding carboxylic acids is 1. The predicted molar refractivity (Wildman–Crippen MR) is 66.2 cm³/mol. The van der Waals surface area contributed by atoms with E-state index in [0.29, 0.717) is 16.6 Å². The number of carbonyl (C=O) groups is 1. The molecule has 0 bridgehead atoms. The summed E-state index contributed by atoms with van der Waals surface area (Å²) in [6.45, 7) is 0. The van der Waals surface area contributed by atoms with Crippen LogP contribution in [0.3, 0.4) is 0 Å². The molecule has 1 heterocycles. The van der Waals surface area contributed by atoms with Gasteiger partial charge in [-0.05, 0) is 28.1 Å². The molecule has 1 aromatic heterocycles. The van der Waals surface area contributed by atoms with E-state index in [0.717, 1.165) is 0 Å². The lowest BCUT2D eigenvalue weighted by Crippen LogP contribution is -2.15. The van der Waals surface area contributed by atoms with Crippen LogP contribution in [-0.2, 0) is 0 Å². The summed E-state index contributed by atoms with van der Waals surface area (Å²) >= 11 is 3.15. The van der Waals surface area contributed by atoms with Gasteiger partial charge in [-0.3, -0.25) is 4.79 Å². The van der Waals surface area contributed by atoms with Gasteiger partial charge in [-0.25, -0.2) is 18.2 Å². The summed E-state index contributed by atoms with van der Waals surface area (Å²) in [5.41, 5.74) is -0.430. The SMILES string of the molecule is O=C(Nc1cc(F)c(F)cc1F)c1ccc(Br)cn1. The Balaban J connectivity index is 2.24. The Kier molecular flexibility index (Phi) is 3.84. The molecule has 0 atom stereocenters. The molecule has 0 saturated carbocycles. The molecule has 7 heteroatoms. The van der Waals surface area contributed by atoms with Crippen LogP contribution in [0.15, 0.2) is 34.9 Å². The number of halogens is 4. The highest BCUT2D eigenvalue weighted by Crippen LogP contribution is 2.19. The lowest BCUT2D eigenvalue weighted by molar-refractivity contribution is 0.102. The molecule has 3 nitrogen and oxygen atoms in total. The number of rotatable bonds is 2. The summed E-state index contributed by atoms with van der Waals surface area (Å²) in [6.07, 6.45) is 1.39. The van der Waals surface area contributed by atoms with Gasteiger partial charge in [0.1, 0.15) is 11.5 Å². The van der Waals surface area contributed by atoms with Gasteiger partial charge >= 0.3 is 0 Å². The van der Waals surface area contributed by atoms with Gasteiger partial charge in [0.25, 0.3) is 5.91 Å². The van der Waals surface area contributed by atoms with Gasteiger partial charge in [-0.15, -0.1) is 0 Å². The minimum absolute atomic E-state index is 0.0207. The van der Waals surface area contributed by atoms with Crippen molar-refractivity contribution in [2.75, 3.05) is 5.32 Å². The molecule has 1 amide bonds. The summed E-state index contributed by atoms with van der Waals surface area (Å²) in [6, 6.07) is 3.90. The molecule has 0 unspecified atom stereocenters. The molecular formula is C12H6BrF3N2O. The molecule has 0 spiro atoms. The first-order valence-corrected chi connectivity index (χ1v) is 5.84. The third kappa shape index (κ3) is 3.11. The highest BCUT2D eigenvalue weighted by molar-refractivity contribution is 9.10. The van der Waals surface area contributed by atoms with Crippen molar-refractivity contribution in [2.45, 2.75) is 0 Å². The van der Waals surface area contributed by atoms with E-state index in [1.165, 1.54) is 12.3 Å². The van der Waals surface area contributed by atoms with Crippen molar-refractivity contribution in [1.29, 1.82) is 0 Å². The average Bonchev–Trinajstić information content (AvgIpc) is 2.36. The summed E-state index contributed by atoms with van der Waals surface area (Å²) in [5, 5.41) is 2.12. The quantitative estimate of drug-likeness (QED) is 0.856. The minimum Gasteiger partial charge on any atom is -0.318 e. The third-order valence-corrected chi connectivity index (χ3v) is 2.69. The van der Waals surface area contributed by atoms with Crippen LogP contribution in [0.1, 0.15) is 10.5 Å². The topological polar surface area (TPSA) is 42.0 Å². The summed E-state index contributed by atoms with van der Waals surface area (Å²) < 4.78 is 39.7. The Morgan fingerprint density at radius 2 is 1.79 bits per heavy atom. The van der Waals surface area contributed by atoms with Crippen LogP contribution in [0.4, 0.5) is 18.9 Å². The van der Waals surface area contributed by atoms with Crippen LogP contribution in [0.5, 0.6) is 0 Å². The number of benzene rings is 1. The minimum atomic E-state index is -1.32. The first-order valence-electron chi connectivity index (χ1n) is 5.05. The van der Waals surface area contributed by atoms with E-state index in [2.05, 4.69) is 26.2 Å². The Morgan fingerprint density at radius 1 is 1.11 bits per heavy atom. The van der Waals surface area contributed by atoms with Crippen LogP contribution < -0.4 is 5.32 Å². The number of nitrogens with zero attached hydrogens (tertiary/aromatic N) is 1. The monoisotopic (exact) mass is 330 g/mol. The van der Waals surface area contributed by atoms with E-state index >= 15 is 0 Å². The maximum absolute atomic E-state index is 13.3. The molecular weight excluding hydrogens is 325 g/mol. The standard InChI is InChI=1S/C12H6BrF3N2O/c13-6-1-2-10(17-5-6)12(19)18-11-4-8(15)7(14)3-9(11)16/h1-5H,(H,18,19). The molecule has 0 aliphatic heterocycles. The summed E-state index contributed by atoms with van der Waals surface area (Å²) in [7, 11) is 0. The van der Waals surface area contributed by atoms with Crippen molar-refractivity contribution < 1.29 is 18.0 Å². The molecule has 0 aliphatic carbocycles. The van der Waals surface area contributed by atoms with Crippen LogP contribution in [0, 0.1) is 17.5 Å². The summed E-state index contributed by atoms with van der Waals surface area (Å²) in [5.74, 6) is -4.36. The van der Waals surface area contributed by atoms with Gasteiger partial charge in [0.05, 0.1) is 5.69 Å². The van der Waals surface area contributed by atoms with E-state index in [4.69, 9.17) is 0 Å². The van der Waals surface area contributed by atoms with Crippen LogP contribution in [0.2, 0.25) is 0 Å². The van der Waals surface area contributed by atoms with E-state index in [1.807, 2.05) is 0 Å². The molecule has 2 rings (SSSR count). The number of anilines is 1. The highest BCUT2D eigenvalue weighted by Gasteiger charge is 2.14. The van der Waals surface area contributed by atoms with Gasteiger partial charge in [0, 0.05) is 22.8 Å². The number of pyridine rings is 1. The molecule has 0 fully saturated rings. The second kappa shape index (κ2) is 5.40. The number of amides is 1. The Hall–Kier alpha value is -1.89. The van der Waals surface area contributed by atoms with Crippen LogP contribution in [0.25, 0.3) is 0 Å². The van der Waals surface area contributed by atoms with Crippen molar-refractivity contribution in [2.24, 2.45) is 0 Å². The zero-order chi connectivity index (χ0) is 14.0. The highest BCUT2D eigenvalue weighted by atomic mass is 79.9. The second-order valence-corrected chi connectivity index (χ2v) is 4.48. The van der Waals surface area contributed by atoms with Gasteiger partial charge in [-0.1, -0.05) is 0 Å². The second-order valence-electron chi connectivity index (χ2n) is 3.56. The number of hydrogen-bond acceptors (Lipinski definition) is 2. The fourth-order valence-corrected chi connectivity index (χ4v) is 1.55. The van der Waals surface area contributed by atoms with E-state index < -0.39 is 29.0 Å². The first-order chi connectivity index (χ1) is 8.97. The third-order valence-electron chi connectivity index (χ3n) is 2.22. The molecule has 98 valence electrons. The van der Waals surface area contributed by atoms with Gasteiger partial charge in [-0.2, -0.15) is 0 Å². The first kappa shape index (κ1) is 13.5. The van der Waals surface area contributed by atoms with Crippen LogP contribution in [-0.4, -0.2) is 10.9 Å². The van der Waals surface area contributed by atoms with Crippen LogP contribution >= 0.6 is 15.9 Å². The van der Waals surface area contributed by atoms with Gasteiger partial charge in [0.15, 0.2) is 11.6 Å². The van der Waals surface area contributed by atoms with Crippen molar-refractivity contribution in [3.63, 3.8) is 0 Å². The van der Waals surface area contributed by atoms with E-state index in [-0.39, 0.29) is 5.69 Å². The van der Waals surface area contributed by atoms with Crippen molar-refractivity contribution >= 4 is 27.5 Å². The molecule has 0 saturated heterocycles. The summed E-state index contributed by atoms with van der Waals surface area (Å²) in [4.78, 5) is 15.5. The fraction of sp³-hybridized carbons (Fsp3) is 0. The maximum Gasteiger partial charge on any atom is 0.274 e. The maximum atomic E-state index is 13.3. The van der Waals surface area contributed by atoms with Crippen molar-refractivity contribution in [3.8, 4) is 0 Å². The molecule has 0 radical (unpaired) electrons. The van der Waals surface area contributed by atoms with E-state index in [1.54, 1.807) is 6.07 Å². The fourth-order valence-electron chi connectivity index (χ4n) is 1.31. The Labute approximate surface area is 114 Å². The average molecular weight is 331 g/mol. The Morgan fingerprint density at radius 3 is 2.42 bits per heavy atom. The lowest BCUT2D eigenvalue weighted by atomic mass is 10.2. The smallest absolute Gasteiger partial charge is 0.274 e. The molecule has 1 aromatic carbocycles. The number of hydrogen-bond donors (Lipinski definition) is 1. The largest absolute Gasteiger partial charge is 0.318 e. The normalized spacial score (nSPS) is 10.3. The number of nitrogens with one attached hydrogen (secondary N) is 1. The molecule has 19 heavy (non-hydrogen) atoms. The van der Waals surface area contributed by atoms with E-state index in [9.17, 15) is 18.0 Å². The van der Waals surface area contributed by atoms with Crippen molar-refractivity contribution in [3.05, 3.63) is 58.1 Å². The molecule has 0 aliphatic rings. The zero-order valence-electron chi connectivity index (χ0n) is 9.25. The molecule has 1 N–H and O–H groups in total.